The SMILES string of the molecule is C1CO[SiH2]CN1. The second-order valence-corrected chi connectivity index (χ2v) is 2.68. The highest BCUT2D eigenvalue weighted by Crippen LogP contribution is 1.73. The Hall–Kier alpha value is 0.137. The van der Waals surface area contributed by atoms with Crippen LogP contribution in [0.25, 0.3) is 0 Å². The average Bonchev–Trinajstić information content (AvgIpc) is 1.72. The fourth-order valence-corrected chi connectivity index (χ4v) is 1.40. The molecule has 1 N–H and O–H groups in total. The van der Waals surface area contributed by atoms with Crippen LogP contribution in [0, 0.1) is 0 Å². The molecule has 1 fully saturated rings. The van der Waals surface area contributed by atoms with Gasteiger partial charge in [0.05, 0.1) is 0 Å². The fourth-order valence-electron chi connectivity index (χ4n) is 0.516. The van der Waals surface area contributed by atoms with Gasteiger partial charge in [0.1, 0.15) is 0 Å². The molecule has 0 saturated carbocycles. The minimum Gasteiger partial charge on any atom is -0.421 e. The Morgan fingerprint density at radius 2 is 2.67 bits per heavy atom. The van der Waals surface area contributed by atoms with E-state index in [1.54, 1.807) is 0 Å². The lowest BCUT2D eigenvalue weighted by atomic mass is 10.7. The molecule has 1 rings (SSSR count). The summed E-state index contributed by atoms with van der Waals surface area (Å²) in [5.74, 6) is 0. The molecule has 0 aliphatic carbocycles. The zero-order chi connectivity index (χ0) is 4.24. The topological polar surface area (TPSA) is 21.3 Å². The van der Waals surface area contributed by atoms with Gasteiger partial charge in [0, 0.05) is 19.3 Å². The maximum absolute atomic E-state index is 5.15. The van der Waals surface area contributed by atoms with E-state index >= 15 is 0 Å². The predicted octanol–water partition coefficient (Wildman–Crippen LogP) is -1.35. The van der Waals surface area contributed by atoms with E-state index in [9.17, 15) is 0 Å². The highest BCUT2D eigenvalue weighted by molar-refractivity contribution is 6.27. The van der Waals surface area contributed by atoms with Crippen molar-refractivity contribution in [1.82, 2.24) is 5.32 Å². The van der Waals surface area contributed by atoms with Crippen molar-refractivity contribution in [1.29, 1.82) is 0 Å². The molecule has 36 valence electrons. The van der Waals surface area contributed by atoms with E-state index in [2.05, 4.69) is 5.32 Å². The highest BCUT2D eigenvalue weighted by Gasteiger charge is 1.94. The summed E-state index contributed by atoms with van der Waals surface area (Å²) in [6, 6.07) is 0. The maximum Gasteiger partial charge on any atom is 0.175 e. The van der Waals surface area contributed by atoms with Crippen molar-refractivity contribution in [3.05, 3.63) is 0 Å². The second-order valence-electron chi connectivity index (χ2n) is 1.36. The van der Waals surface area contributed by atoms with Crippen LogP contribution in [0.2, 0.25) is 0 Å². The lowest BCUT2D eigenvalue weighted by Crippen LogP contribution is -2.32. The highest BCUT2D eigenvalue weighted by atomic mass is 28.2. The smallest absolute Gasteiger partial charge is 0.175 e. The molecule has 2 nitrogen and oxygen atoms in total. The summed E-state index contributed by atoms with van der Waals surface area (Å²) in [7, 11) is -0.103. The molecular weight excluding hydrogens is 94.1 g/mol. The fraction of sp³-hybridized carbons (Fsp3) is 1.00. The molecular formula is C3H9NOSi. The van der Waals surface area contributed by atoms with Gasteiger partial charge in [-0.05, 0) is 0 Å². The van der Waals surface area contributed by atoms with E-state index in [1.165, 1.54) is 6.17 Å². The zero-order valence-electron chi connectivity index (χ0n) is 3.74. The van der Waals surface area contributed by atoms with E-state index in [4.69, 9.17) is 4.43 Å². The van der Waals surface area contributed by atoms with E-state index in [0.29, 0.717) is 0 Å². The summed E-state index contributed by atoms with van der Waals surface area (Å²) >= 11 is 0. The third-order valence-electron chi connectivity index (χ3n) is 0.846. The summed E-state index contributed by atoms with van der Waals surface area (Å²) < 4.78 is 5.15. The standard InChI is InChI=1S/C3H9NOSi/c1-2-5-6-3-4-1/h4H,1-3,6H2. The molecule has 0 spiro atoms. The molecule has 0 aromatic rings. The Morgan fingerprint density at radius 1 is 1.67 bits per heavy atom. The molecule has 0 aromatic carbocycles. The average molecular weight is 103 g/mol. The first kappa shape index (κ1) is 4.30. The molecule has 6 heavy (non-hydrogen) atoms. The molecule has 0 bridgehead atoms. The van der Waals surface area contributed by atoms with E-state index in [-0.39, 0.29) is 9.76 Å². The zero-order valence-corrected chi connectivity index (χ0v) is 5.15. The van der Waals surface area contributed by atoms with Gasteiger partial charge in [-0.25, -0.2) is 0 Å². The first-order valence-electron chi connectivity index (χ1n) is 2.28. The summed E-state index contributed by atoms with van der Waals surface area (Å²) in [5.41, 5.74) is 0. The van der Waals surface area contributed by atoms with Gasteiger partial charge in [0.25, 0.3) is 0 Å². The third-order valence-corrected chi connectivity index (χ3v) is 1.98. The molecule has 1 saturated heterocycles. The molecule has 1 aliphatic heterocycles. The van der Waals surface area contributed by atoms with Crippen LogP contribution in [0.1, 0.15) is 0 Å². The summed E-state index contributed by atoms with van der Waals surface area (Å²) in [4.78, 5) is 0. The van der Waals surface area contributed by atoms with E-state index < -0.39 is 0 Å². The Labute approximate surface area is 39.8 Å². The summed E-state index contributed by atoms with van der Waals surface area (Å²) in [6.45, 7) is 2.01. The van der Waals surface area contributed by atoms with Crippen molar-refractivity contribution >= 4 is 9.76 Å². The molecule has 0 atom stereocenters. The Morgan fingerprint density at radius 3 is 2.83 bits per heavy atom. The normalized spacial score (nSPS) is 28.0. The predicted molar refractivity (Wildman–Crippen MR) is 27.4 cm³/mol. The molecule has 0 radical (unpaired) electrons. The number of nitrogens with one attached hydrogen (secondary N) is 1. The van der Waals surface area contributed by atoms with Crippen molar-refractivity contribution in [3.8, 4) is 0 Å². The van der Waals surface area contributed by atoms with Crippen molar-refractivity contribution in [2.45, 2.75) is 0 Å². The van der Waals surface area contributed by atoms with E-state index in [1.807, 2.05) is 0 Å². The molecule has 1 aliphatic rings. The van der Waals surface area contributed by atoms with Gasteiger partial charge in [0.15, 0.2) is 9.76 Å². The van der Waals surface area contributed by atoms with Gasteiger partial charge in [-0.3, -0.25) is 0 Å². The van der Waals surface area contributed by atoms with E-state index in [0.717, 1.165) is 13.2 Å². The van der Waals surface area contributed by atoms with Gasteiger partial charge >= 0.3 is 0 Å². The van der Waals surface area contributed by atoms with Gasteiger partial charge < -0.3 is 9.74 Å². The van der Waals surface area contributed by atoms with Crippen LogP contribution < -0.4 is 5.32 Å². The summed E-state index contributed by atoms with van der Waals surface area (Å²) in [6.07, 6.45) is 1.17. The Bertz CT molecular complexity index is 26.3. The van der Waals surface area contributed by atoms with Gasteiger partial charge in [-0.1, -0.05) is 0 Å². The van der Waals surface area contributed by atoms with Crippen LogP contribution in [0.3, 0.4) is 0 Å². The lowest BCUT2D eigenvalue weighted by molar-refractivity contribution is 0.310. The first-order valence-corrected chi connectivity index (χ1v) is 3.86. The third kappa shape index (κ3) is 1.08. The molecule has 0 amide bonds. The number of hydrogen-bond acceptors (Lipinski definition) is 2. The van der Waals surface area contributed by atoms with Crippen LogP contribution in [0.15, 0.2) is 0 Å². The van der Waals surface area contributed by atoms with Crippen molar-refractivity contribution in [3.63, 3.8) is 0 Å². The minimum atomic E-state index is -0.103. The second kappa shape index (κ2) is 2.33. The molecule has 3 heteroatoms. The molecule has 1 heterocycles. The van der Waals surface area contributed by atoms with Crippen LogP contribution in [-0.4, -0.2) is 29.1 Å². The minimum absolute atomic E-state index is 0.103. The van der Waals surface area contributed by atoms with Crippen molar-refractivity contribution in [2.24, 2.45) is 0 Å². The molecule has 0 aromatic heterocycles. The maximum atomic E-state index is 5.15. The van der Waals surface area contributed by atoms with Gasteiger partial charge in [-0.2, -0.15) is 0 Å². The largest absolute Gasteiger partial charge is 0.421 e. The molecule has 0 unspecified atom stereocenters. The van der Waals surface area contributed by atoms with Crippen molar-refractivity contribution < 1.29 is 4.43 Å². The number of hydrogen-bond donors (Lipinski definition) is 1. The van der Waals surface area contributed by atoms with Crippen LogP contribution in [0.4, 0.5) is 0 Å². The number of rotatable bonds is 0. The van der Waals surface area contributed by atoms with Gasteiger partial charge in [-0.15, -0.1) is 0 Å². The van der Waals surface area contributed by atoms with Crippen molar-refractivity contribution in [2.75, 3.05) is 19.3 Å². The van der Waals surface area contributed by atoms with Crippen LogP contribution in [-0.2, 0) is 4.43 Å². The summed E-state index contributed by atoms with van der Waals surface area (Å²) in [5, 5.41) is 3.22. The lowest BCUT2D eigenvalue weighted by Gasteiger charge is -2.10. The van der Waals surface area contributed by atoms with Gasteiger partial charge in [0.2, 0.25) is 0 Å². The first-order chi connectivity index (χ1) is 3.00. The monoisotopic (exact) mass is 103 g/mol. The van der Waals surface area contributed by atoms with Crippen LogP contribution in [0.5, 0.6) is 0 Å². The van der Waals surface area contributed by atoms with Crippen LogP contribution >= 0.6 is 0 Å². The Balaban J connectivity index is 2.00. The quantitative estimate of drug-likeness (QED) is 0.383. The Kier molecular flexibility index (Phi) is 1.67.